The van der Waals surface area contributed by atoms with Crippen molar-refractivity contribution in [1.82, 2.24) is 9.21 Å². The van der Waals surface area contributed by atoms with Crippen LogP contribution in [0.2, 0.25) is 0 Å². The maximum absolute atomic E-state index is 13.9. The van der Waals surface area contributed by atoms with Gasteiger partial charge in [0.15, 0.2) is 0 Å². The zero-order valence-corrected chi connectivity index (χ0v) is 23.1. The zero-order valence-electron chi connectivity index (χ0n) is 22.3. The van der Waals surface area contributed by atoms with Gasteiger partial charge in [-0.1, -0.05) is 49.4 Å². The Bertz CT molecular complexity index is 1470. The molecule has 3 aromatic rings. The van der Waals surface area contributed by atoms with E-state index in [1.165, 1.54) is 35.6 Å². The smallest absolute Gasteiger partial charge is 0.254 e. The van der Waals surface area contributed by atoms with E-state index < -0.39 is 22.2 Å². The van der Waals surface area contributed by atoms with E-state index >= 15 is 0 Å². The number of amides is 1. The molecule has 0 spiro atoms. The molecule has 1 aliphatic heterocycles. The van der Waals surface area contributed by atoms with Crippen molar-refractivity contribution in [3.63, 3.8) is 0 Å². The molecule has 0 unspecified atom stereocenters. The van der Waals surface area contributed by atoms with E-state index in [1.54, 1.807) is 17.9 Å². The lowest BCUT2D eigenvalue weighted by Crippen LogP contribution is -2.47. The fourth-order valence-corrected chi connectivity index (χ4v) is 5.97. The molecule has 0 aromatic heterocycles. The van der Waals surface area contributed by atoms with Crippen LogP contribution < -0.4 is 0 Å². The fourth-order valence-electron chi connectivity index (χ4n) is 4.78. The minimum absolute atomic E-state index is 0.0498. The normalized spacial score (nSPS) is 19.0. The molecule has 9 heteroatoms. The second-order valence-electron chi connectivity index (χ2n) is 9.94. The van der Waals surface area contributed by atoms with Crippen LogP contribution >= 0.6 is 0 Å². The van der Waals surface area contributed by atoms with Crippen molar-refractivity contribution >= 4 is 15.9 Å². The standard InChI is InChI=1S/C30H33N3O5S/c1-21-17-33(22(2)19-34)30(35)28-11-7-6-10-27(28)26-9-5-4-8-24(26)20-38-29(21)18-32(3)39(36,37)25-14-12-23(16-31)13-15-25/h4-15,21-22,29,34H,17-20H2,1-3H3/t21-,22-,29-/m1/s1. The predicted octanol–water partition coefficient (Wildman–Crippen LogP) is 3.90. The van der Waals surface area contributed by atoms with Crippen LogP contribution in [0.4, 0.5) is 0 Å². The molecule has 39 heavy (non-hydrogen) atoms. The van der Waals surface area contributed by atoms with Crippen LogP contribution in [-0.4, -0.2) is 67.5 Å². The van der Waals surface area contributed by atoms with Gasteiger partial charge in [0.05, 0.1) is 41.9 Å². The number of ether oxygens (including phenoxy) is 1. The van der Waals surface area contributed by atoms with Crippen LogP contribution in [0, 0.1) is 17.2 Å². The number of nitrogens with zero attached hydrogens (tertiary/aromatic N) is 3. The van der Waals surface area contributed by atoms with Crippen molar-refractivity contribution in [2.75, 3.05) is 26.7 Å². The average Bonchev–Trinajstić information content (AvgIpc) is 2.98. The van der Waals surface area contributed by atoms with E-state index in [4.69, 9.17) is 10.00 Å². The molecule has 0 saturated carbocycles. The van der Waals surface area contributed by atoms with Gasteiger partial charge >= 0.3 is 0 Å². The summed E-state index contributed by atoms with van der Waals surface area (Å²) in [7, 11) is -2.36. The minimum Gasteiger partial charge on any atom is -0.394 e. The molecule has 0 aliphatic carbocycles. The third-order valence-corrected chi connectivity index (χ3v) is 9.06. The Balaban J connectivity index is 1.72. The first kappa shape index (κ1) is 28.5. The van der Waals surface area contributed by atoms with Gasteiger partial charge in [-0.05, 0) is 53.9 Å². The first-order valence-electron chi connectivity index (χ1n) is 12.8. The number of nitriles is 1. The summed E-state index contributed by atoms with van der Waals surface area (Å²) in [5.41, 5.74) is 3.44. The first-order valence-corrected chi connectivity index (χ1v) is 14.3. The van der Waals surface area contributed by atoms with Gasteiger partial charge in [0.1, 0.15) is 0 Å². The third-order valence-electron chi connectivity index (χ3n) is 7.22. The SMILES string of the molecule is C[C@@H]1CN([C@H](C)CO)C(=O)c2ccccc2-c2ccccc2CO[C@@H]1CN(C)S(=O)(=O)c1ccc(C#N)cc1. The molecular weight excluding hydrogens is 514 g/mol. The van der Waals surface area contributed by atoms with Crippen LogP contribution in [-0.2, 0) is 21.4 Å². The second-order valence-corrected chi connectivity index (χ2v) is 12.0. The van der Waals surface area contributed by atoms with Gasteiger partial charge < -0.3 is 14.7 Å². The summed E-state index contributed by atoms with van der Waals surface area (Å²) in [4.78, 5) is 15.6. The fraction of sp³-hybridized carbons (Fsp3) is 0.333. The van der Waals surface area contributed by atoms with Gasteiger partial charge in [-0.25, -0.2) is 8.42 Å². The Morgan fingerprint density at radius 1 is 1.05 bits per heavy atom. The summed E-state index contributed by atoms with van der Waals surface area (Å²) in [5, 5.41) is 19.0. The van der Waals surface area contributed by atoms with Gasteiger partial charge in [-0.3, -0.25) is 4.79 Å². The topological polar surface area (TPSA) is 111 Å². The van der Waals surface area contributed by atoms with E-state index in [0.29, 0.717) is 11.1 Å². The number of rotatable bonds is 6. The number of hydrogen-bond donors (Lipinski definition) is 1. The highest BCUT2D eigenvalue weighted by atomic mass is 32.2. The minimum atomic E-state index is -3.86. The molecular formula is C30H33N3O5S. The number of benzene rings is 3. The molecule has 3 aromatic carbocycles. The predicted molar refractivity (Wildman–Crippen MR) is 148 cm³/mol. The van der Waals surface area contributed by atoms with E-state index in [2.05, 4.69) is 0 Å². The molecule has 0 bridgehead atoms. The average molecular weight is 548 g/mol. The number of aliphatic hydroxyl groups is 1. The lowest BCUT2D eigenvalue weighted by atomic mass is 9.94. The quantitative estimate of drug-likeness (QED) is 0.501. The van der Waals surface area contributed by atoms with Crippen molar-refractivity contribution in [2.45, 2.75) is 37.5 Å². The largest absolute Gasteiger partial charge is 0.394 e. The van der Waals surface area contributed by atoms with Gasteiger partial charge in [-0.2, -0.15) is 9.57 Å². The van der Waals surface area contributed by atoms with Crippen molar-refractivity contribution in [1.29, 1.82) is 5.26 Å². The van der Waals surface area contributed by atoms with E-state index in [9.17, 15) is 18.3 Å². The molecule has 1 heterocycles. The van der Waals surface area contributed by atoms with Crippen molar-refractivity contribution in [3.8, 4) is 17.2 Å². The molecule has 8 nitrogen and oxygen atoms in total. The van der Waals surface area contributed by atoms with Gasteiger partial charge in [-0.15, -0.1) is 0 Å². The Morgan fingerprint density at radius 2 is 1.67 bits per heavy atom. The molecule has 0 saturated heterocycles. The van der Waals surface area contributed by atoms with Crippen LogP contribution in [0.15, 0.2) is 77.7 Å². The highest BCUT2D eigenvalue weighted by molar-refractivity contribution is 7.89. The number of fused-ring (bicyclic) bond motifs is 3. The summed E-state index contributed by atoms with van der Waals surface area (Å²) in [6, 6.07) is 22.5. The second kappa shape index (κ2) is 12.1. The number of hydrogen-bond acceptors (Lipinski definition) is 6. The summed E-state index contributed by atoms with van der Waals surface area (Å²) in [6.45, 7) is 4.05. The molecule has 4 rings (SSSR count). The van der Waals surface area contributed by atoms with E-state index in [1.807, 2.05) is 55.5 Å². The maximum Gasteiger partial charge on any atom is 0.254 e. The van der Waals surface area contributed by atoms with E-state index in [0.717, 1.165) is 16.7 Å². The summed E-state index contributed by atoms with van der Waals surface area (Å²) >= 11 is 0. The van der Waals surface area contributed by atoms with Crippen molar-refractivity contribution in [2.24, 2.45) is 5.92 Å². The number of carbonyl (C=O) groups is 1. The molecule has 1 amide bonds. The third kappa shape index (κ3) is 6.05. The van der Waals surface area contributed by atoms with Gasteiger partial charge in [0, 0.05) is 31.6 Å². The molecule has 3 atom stereocenters. The highest BCUT2D eigenvalue weighted by Crippen LogP contribution is 2.31. The molecule has 204 valence electrons. The van der Waals surface area contributed by atoms with Crippen molar-refractivity contribution < 1.29 is 23.1 Å². The van der Waals surface area contributed by atoms with Crippen LogP contribution in [0.3, 0.4) is 0 Å². The Labute approximate surface area is 230 Å². The molecule has 0 fully saturated rings. The van der Waals surface area contributed by atoms with Gasteiger partial charge in [0.2, 0.25) is 10.0 Å². The maximum atomic E-state index is 13.9. The number of sulfonamides is 1. The molecule has 1 aliphatic rings. The summed E-state index contributed by atoms with van der Waals surface area (Å²) < 4.78 is 34.4. The number of likely N-dealkylation sites (N-methyl/N-ethyl adjacent to an activating group) is 1. The van der Waals surface area contributed by atoms with Gasteiger partial charge in [0.25, 0.3) is 5.91 Å². The van der Waals surface area contributed by atoms with Crippen LogP contribution in [0.1, 0.15) is 35.3 Å². The van der Waals surface area contributed by atoms with E-state index in [-0.39, 0.29) is 43.0 Å². The Kier molecular flexibility index (Phi) is 8.83. The number of carbonyl (C=O) groups excluding carboxylic acids is 1. The zero-order chi connectivity index (χ0) is 28.2. The monoisotopic (exact) mass is 547 g/mol. The lowest BCUT2D eigenvalue weighted by molar-refractivity contribution is -0.0146. The summed E-state index contributed by atoms with van der Waals surface area (Å²) in [5.74, 6) is -0.466. The Hall–Kier alpha value is -3.55. The number of aliphatic hydroxyl groups excluding tert-OH is 1. The van der Waals surface area contributed by atoms with Crippen molar-refractivity contribution in [3.05, 3.63) is 89.5 Å². The van der Waals surface area contributed by atoms with Crippen LogP contribution in [0.5, 0.6) is 0 Å². The highest BCUT2D eigenvalue weighted by Gasteiger charge is 2.32. The molecule has 1 N–H and O–H groups in total. The lowest BCUT2D eigenvalue weighted by Gasteiger charge is -2.35. The first-order chi connectivity index (χ1) is 18.7. The summed E-state index contributed by atoms with van der Waals surface area (Å²) in [6.07, 6.45) is -0.557. The van der Waals surface area contributed by atoms with Crippen LogP contribution in [0.25, 0.3) is 11.1 Å². The molecule has 0 radical (unpaired) electrons. The Morgan fingerprint density at radius 3 is 2.31 bits per heavy atom.